The summed E-state index contributed by atoms with van der Waals surface area (Å²) in [7, 11) is 0. The molecular weight excluding hydrogens is 394 g/mol. The van der Waals surface area contributed by atoms with Gasteiger partial charge >= 0.3 is 0 Å². The lowest BCUT2D eigenvalue weighted by Gasteiger charge is -2.10. The van der Waals surface area contributed by atoms with Crippen LogP contribution in [0.3, 0.4) is 0 Å². The highest BCUT2D eigenvalue weighted by atomic mass is 79.9. The van der Waals surface area contributed by atoms with Gasteiger partial charge in [-0.15, -0.1) is 0 Å². The van der Waals surface area contributed by atoms with Gasteiger partial charge in [-0.1, -0.05) is 18.2 Å². The molecule has 0 amide bonds. The summed E-state index contributed by atoms with van der Waals surface area (Å²) < 4.78 is 8.15. The average Bonchev–Trinajstić information content (AvgIpc) is 2.96. The Bertz CT molecular complexity index is 1000. The second-order valence-electron chi connectivity index (χ2n) is 5.58. The number of anilines is 1. The van der Waals surface area contributed by atoms with Gasteiger partial charge < -0.3 is 10.5 Å². The number of benzene rings is 2. The normalized spacial score (nSPS) is 10.8. The van der Waals surface area contributed by atoms with E-state index in [2.05, 4.69) is 32.1 Å². The van der Waals surface area contributed by atoms with E-state index < -0.39 is 0 Å². The Morgan fingerprint density at radius 1 is 1.35 bits per heavy atom. The third kappa shape index (κ3) is 4.10. The second kappa shape index (κ2) is 7.85. The molecule has 0 fully saturated rings. The third-order valence-electron chi connectivity index (χ3n) is 3.64. The maximum Gasteiger partial charge on any atom is 0.221 e. The summed E-state index contributed by atoms with van der Waals surface area (Å²) in [5.74, 6) is 1.03. The van der Waals surface area contributed by atoms with Crippen LogP contribution in [0.1, 0.15) is 22.4 Å². The third-order valence-corrected chi connectivity index (χ3v) is 4.26. The Kier molecular flexibility index (Phi) is 5.34. The van der Waals surface area contributed by atoms with Crippen LogP contribution in [0.15, 0.2) is 58.2 Å². The minimum absolute atomic E-state index is 0.320. The molecule has 3 rings (SSSR count). The van der Waals surface area contributed by atoms with Gasteiger partial charge in [0.2, 0.25) is 5.95 Å². The number of hydrogen-bond donors (Lipinski definition) is 1. The smallest absolute Gasteiger partial charge is 0.221 e. The van der Waals surface area contributed by atoms with Gasteiger partial charge in [-0.25, -0.2) is 9.66 Å². The second-order valence-corrected chi connectivity index (χ2v) is 6.43. The molecule has 6 nitrogen and oxygen atoms in total. The number of rotatable bonds is 5. The van der Waals surface area contributed by atoms with E-state index in [-0.39, 0.29) is 0 Å². The van der Waals surface area contributed by atoms with Gasteiger partial charge in [0.1, 0.15) is 12.4 Å². The number of nitriles is 1. The van der Waals surface area contributed by atoms with Crippen molar-refractivity contribution >= 4 is 28.1 Å². The highest BCUT2D eigenvalue weighted by molar-refractivity contribution is 9.10. The van der Waals surface area contributed by atoms with Gasteiger partial charge in [0.25, 0.3) is 0 Å². The number of ether oxygens (including phenoxy) is 1. The van der Waals surface area contributed by atoms with Gasteiger partial charge in [0, 0.05) is 5.56 Å². The molecule has 2 N–H and O–H groups in total. The molecule has 0 aliphatic rings. The first-order chi connectivity index (χ1) is 12.6. The highest BCUT2D eigenvalue weighted by Gasteiger charge is 2.06. The Labute approximate surface area is 159 Å². The fourth-order valence-electron chi connectivity index (χ4n) is 2.35. The molecule has 0 unspecified atom stereocenters. The minimum atomic E-state index is 0.320. The van der Waals surface area contributed by atoms with Crippen molar-refractivity contribution in [3.8, 4) is 11.8 Å². The average molecular weight is 410 g/mol. The molecule has 3 aromatic rings. The van der Waals surface area contributed by atoms with Crippen LogP contribution in [0.25, 0.3) is 0 Å². The molecule has 0 saturated heterocycles. The van der Waals surface area contributed by atoms with E-state index in [9.17, 15) is 0 Å². The molecule has 26 heavy (non-hydrogen) atoms. The van der Waals surface area contributed by atoms with Crippen LogP contribution in [-0.4, -0.2) is 15.9 Å². The van der Waals surface area contributed by atoms with Crippen LogP contribution in [0, 0.1) is 18.3 Å². The van der Waals surface area contributed by atoms with Crippen molar-refractivity contribution in [2.75, 3.05) is 5.73 Å². The molecule has 0 saturated carbocycles. The predicted molar refractivity (Wildman–Crippen MR) is 104 cm³/mol. The van der Waals surface area contributed by atoms with E-state index >= 15 is 0 Å². The zero-order valence-corrected chi connectivity index (χ0v) is 15.6. The number of nitrogen functional groups attached to an aromatic ring is 1. The summed E-state index contributed by atoms with van der Waals surface area (Å²) in [5.41, 5.74) is 8.91. The lowest BCUT2D eigenvalue weighted by Crippen LogP contribution is -1.99. The van der Waals surface area contributed by atoms with Crippen molar-refractivity contribution in [2.45, 2.75) is 13.5 Å². The van der Waals surface area contributed by atoms with Crippen molar-refractivity contribution in [1.82, 2.24) is 9.66 Å². The standard InChI is InChI=1S/C19H16BrN5O/c1-13-11-25(19(22)24-13)23-10-14-6-7-18(17(20)8-14)26-12-16-5-3-2-4-15(16)9-21/h2-8,10-11H,12H2,1H3,(H2,22,24). The van der Waals surface area contributed by atoms with E-state index in [0.717, 1.165) is 21.3 Å². The maximum absolute atomic E-state index is 9.14. The molecule has 0 spiro atoms. The molecule has 130 valence electrons. The Balaban J connectivity index is 1.71. The Hall–Kier alpha value is -3.11. The Morgan fingerprint density at radius 3 is 2.85 bits per heavy atom. The molecule has 0 aliphatic carbocycles. The molecular formula is C19H16BrN5O. The molecule has 1 aromatic heterocycles. The monoisotopic (exact) mass is 409 g/mol. The summed E-state index contributed by atoms with van der Waals surface area (Å²) in [6.45, 7) is 2.18. The number of nitrogens with zero attached hydrogens (tertiary/aromatic N) is 4. The number of halogens is 1. The quantitative estimate of drug-likeness (QED) is 0.647. The van der Waals surface area contributed by atoms with Gasteiger partial charge in [-0.3, -0.25) is 0 Å². The number of aromatic nitrogens is 2. The zero-order chi connectivity index (χ0) is 18.5. The Morgan fingerprint density at radius 2 is 2.15 bits per heavy atom. The zero-order valence-electron chi connectivity index (χ0n) is 14.1. The van der Waals surface area contributed by atoms with Crippen LogP contribution in [0.4, 0.5) is 5.95 Å². The number of hydrogen-bond acceptors (Lipinski definition) is 5. The van der Waals surface area contributed by atoms with Gasteiger partial charge in [0.05, 0.1) is 34.2 Å². The first-order valence-electron chi connectivity index (χ1n) is 7.83. The lowest BCUT2D eigenvalue weighted by atomic mass is 10.1. The van der Waals surface area contributed by atoms with E-state index in [0.29, 0.717) is 23.9 Å². The lowest BCUT2D eigenvalue weighted by molar-refractivity contribution is 0.304. The van der Waals surface area contributed by atoms with Crippen molar-refractivity contribution in [3.63, 3.8) is 0 Å². The summed E-state index contributed by atoms with van der Waals surface area (Å²) >= 11 is 3.51. The molecule has 2 aromatic carbocycles. The van der Waals surface area contributed by atoms with Crippen LogP contribution in [0.2, 0.25) is 0 Å². The first kappa shape index (κ1) is 17.7. The largest absolute Gasteiger partial charge is 0.488 e. The summed E-state index contributed by atoms with van der Waals surface area (Å²) in [6.07, 6.45) is 3.45. The van der Waals surface area contributed by atoms with Crippen molar-refractivity contribution in [3.05, 3.63) is 75.5 Å². The van der Waals surface area contributed by atoms with E-state index in [1.807, 2.05) is 43.3 Å². The molecule has 0 atom stereocenters. The summed E-state index contributed by atoms with van der Waals surface area (Å²) in [5, 5.41) is 13.4. The fourth-order valence-corrected chi connectivity index (χ4v) is 2.86. The van der Waals surface area contributed by atoms with Crippen LogP contribution in [-0.2, 0) is 6.61 Å². The molecule has 1 heterocycles. The van der Waals surface area contributed by atoms with Crippen molar-refractivity contribution in [1.29, 1.82) is 5.26 Å². The molecule has 0 radical (unpaired) electrons. The summed E-state index contributed by atoms with van der Waals surface area (Å²) in [6, 6.07) is 15.2. The molecule has 7 heteroatoms. The van der Waals surface area contributed by atoms with Crippen LogP contribution in [0.5, 0.6) is 5.75 Å². The van der Waals surface area contributed by atoms with Crippen molar-refractivity contribution in [2.24, 2.45) is 5.10 Å². The maximum atomic E-state index is 9.14. The van der Waals surface area contributed by atoms with Crippen molar-refractivity contribution < 1.29 is 4.74 Å². The minimum Gasteiger partial charge on any atom is -0.488 e. The fraction of sp³-hybridized carbons (Fsp3) is 0.105. The van der Waals surface area contributed by atoms with Gasteiger partial charge in [-0.2, -0.15) is 10.4 Å². The highest BCUT2D eigenvalue weighted by Crippen LogP contribution is 2.26. The first-order valence-corrected chi connectivity index (χ1v) is 8.62. The number of nitrogens with two attached hydrogens (primary N) is 1. The SMILES string of the molecule is Cc1cn(N=Cc2ccc(OCc3ccccc3C#N)c(Br)c2)c(N)n1. The van der Waals surface area contributed by atoms with Crippen LogP contribution < -0.4 is 10.5 Å². The van der Waals surface area contributed by atoms with E-state index in [1.165, 1.54) is 4.68 Å². The topological polar surface area (TPSA) is 89.2 Å². The van der Waals surface area contributed by atoms with Crippen LogP contribution >= 0.6 is 15.9 Å². The van der Waals surface area contributed by atoms with E-state index in [1.54, 1.807) is 18.5 Å². The predicted octanol–water partition coefficient (Wildman–Crippen LogP) is 3.87. The molecule has 0 aliphatic heterocycles. The van der Waals surface area contributed by atoms with E-state index in [4.69, 9.17) is 15.7 Å². The number of aryl methyl sites for hydroxylation is 1. The summed E-state index contributed by atoms with van der Waals surface area (Å²) in [4.78, 5) is 4.10. The number of imidazole rings is 1. The van der Waals surface area contributed by atoms with Gasteiger partial charge in [-0.05, 0) is 52.7 Å². The van der Waals surface area contributed by atoms with Gasteiger partial charge in [0.15, 0.2) is 0 Å². The molecule has 0 bridgehead atoms.